The second-order valence-corrected chi connectivity index (χ2v) is 7.02. The molecule has 0 aliphatic carbocycles. The number of hydrogen-bond acceptors (Lipinski definition) is 3. The first-order valence-corrected chi connectivity index (χ1v) is 8.74. The van der Waals surface area contributed by atoms with Crippen molar-refractivity contribution < 1.29 is 13.2 Å². The van der Waals surface area contributed by atoms with Gasteiger partial charge in [-0.15, -0.1) is 11.6 Å². The van der Waals surface area contributed by atoms with E-state index in [4.69, 9.17) is 16.3 Å². The first kappa shape index (κ1) is 18.2. The molecule has 0 rings (SSSR count). The summed E-state index contributed by atoms with van der Waals surface area (Å²) in [5.41, 5.74) is 0. The van der Waals surface area contributed by atoms with Crippen molar-refractivity contribution in [2.24, 2.45) is 5.92 Å². The van der Waals surface area contributed by atoms with Crippen LogP contribution in [0.25, 0.3) is 0 Å². The van der Waals surface area contributed by atoms with Crippen LogP contribution >= 0.6 is 11.6 Å². The van der Waals surface area contributed by atoms with E-state index in [2.05, 4.69) is 11.6 Å². The summed E-state index contributed by atoms with van der Waals surface area (Å²) < 4.78 is 31.3. The Bertz CT molecular complexity index is 288. The average molecular weight is 300 g/mol. The number of nitrogens with one attached hydrogen (secondary N) is 1. The van der Waals surface area contributed by atoms with Gasteiger partial charge in [0.25, 0.3) is 0 Å². The summed E-state index contributed by atoms with van der Waals surface area (Å²) in [7, 11) is -3.23. The van der Waals surface area contributed by atoms with Crippen LogP contribution < -0.4 is 4.72 Å². The Kier molecular flexibility index (Phi) is 10.1. The van der Waals surface area contributed by atoms with E-state index in [1.807, 2.05) is 13.8 Å². The van der Waals surface area contributed by atoms with Crippen molar-refractivity contribution in [3.05, 3.63) is 0 Å². The van der Waals surface area contributed by atoms with E-state index in [-0.39, 0.29) is 18.5 Å². The number of sulfonamides is 1. The second kappa shape index (κ2) is 10.0. The largest absolute Gasteiger partial charge is 0.378 e. The van der Waals surface area contributed by atoms with Gasteiger partial charge in [0.2, 0.25) is 10.0 Å². The Labute approximate surface area is 116 Å². The molecule has 0 aliphatic rings. The summed E-state index contributed by atoms with van der Waals surface area (Å²) >= 11 is 5.70. The van der Waals surface area contributed by atoms with Gasteiger partial charge in [-0.2, -0.15) is 0 Å². The molecule has 110 valence electrons. The maximum Gasteiger partial charge on any atom is 0.213 e. The minimum atomic E-state index is -3.23. The molecule has 0 aromatic rings. The summed E-state index contributed by atoms with van der Waals surface area (Å²) in [6.45, 7) is 6.58. The molecule has 0 bridgehead atoms. The predicted molar refractivity (Wildman–Crippen MR) is 76.6 cm³/mol. The van der Waals surface area contributed by atoms with E-state index in [1.54, 1.807) is 0 Å². The highest BCUT2D eigenvalue weighted by atomic mass is 35.5. The molecule has 0 amide bonds. The van der Waals surface area contributed by atoms with Gasteiger partial charge < -0.3 is 4.74 Å². The molecule has 0 spiro atoms. The van der Waals surface area contributed by atoms with Crippen LogP contribution in [0.15, 0.2) is 0 Å². The summed E-state index contributed by atoms with van der Waals surface area (Å²) in [4.78, 5) is 0. The van der Waals surface area contributed by atoms with Crippen LogP contribution in [0.4, 0.5) is 0 Å². The summed E-state index contributed by atoms with van der Waals surface area (Å²) in [5, 5.41) is 0. The SMILES string of the molecule is CCCC(CCCl)CNS(=O)(=O)CCOC(C)C. The van der Waals surface area contributed by atoms with Crippen LogP contribution in [0.3, 0.4) is 0 Å². The zero-order valence-corrected chi connectivity index (χ0v) is 13.2. The first-order chi connectivity index (χ1) is 8.41. The van der Waals surface area contributed by atoms with Crippen LogP contribution in [-0.2, 0) is 14.8 Å². The fourth-order valence-corrected chi connectivity index (χ4v) is 2.88. The molecular weight excluding hydrogens is 274 g/mol. The zero-order valence-electron chi connectivity index (χ0n) is 11.6. The van der Waals surface area contributed by atoms with Crippen molar-refractivity contribution in [3.63, 3.8) is 0 Å². The molecular formula is C12H26ClNO3S. The van der Waals surface area contributed by atoms with Gasteiger partial charge in [-0.1, -0.05) is 13.3 Å². The van der Waals surface area contributed by atoms with Crippen LogP contribution in [0, 0.1) is 5.92 Å². The monoisotopic (exact) mass is 299 g/mol. The second-order valence-electron chi connectivity index (χ2n) is 4.72. The van der Waals surface area contributed by atoms with Crippen molar-refractivity contribution in [3.8, 4) is 0 Å². The molecule has 1 atom stereocenters. The number of alkyl halides is 1. The van der Waals surface area contributed by atoms with Gasteiger partial charge in [-0.05, 0) is 32.6 Å². The number of ether oxygens (including phenoxy) is 1. The number of halogens is 1. The number of hydrogen-bond donors (Lipinski definition) is 1. The van der Waals surface area contributed by atoms with Crippen LogP contribution in [0.5, 0.6) is 0 Å². The van der Waals surface area contributed by atoms with Gasteiger partial charge in [0, 0.05) is 12.4 Å². The normalized spacial score (nSPS) is 14.1. The molecule has 0 radical (unpaired) electrons. The van der Waals surface area contributed by atoms with Gasteiger partial charge in [-0.25, -0.2) is 13.1 Å². The Morgan fingerprint density at radius 3 is 2.44 bits per heavy atom. The standard InChI is InChI=1S/C12H26ClNO3S/c1-4-5-12(6-7-13)10-14-18(15,16)9-8-17-11(2)3/h11-12,14H,4-10H2,1-3H3. The average Bonchev–Trinajstić information content (AvgIpc) is 2.26. The van der Waals surface area contributed by atoms with Crippen molar-refractivity contribution in [1.82, 2.24) is 4.72 Å². The maximum atomic E-state index is 11.7. The summed E-state index contributed by atoms with van der Waals surface area (Å²) in [6.07, 6.45) is 2.95. The van der Waals surface area contributed by atoms with Crippen LogP contribution in [0.2, 0.25) is 0 Å². The Hall–Kier alpha value is 0.160. The fraction of sp³-hybridized carbons (Fsp3) is 1.00. The third-order valence-corrected chi connectivity index (χ3v) is 4.14. The van der Waals surface area contributed by atoms with E-state index < -0.39 is 10.0 Å². The van der Waals surface area contributed by atoms with Gasteiger partial charge in [-0.3, -0.25) is 0 Å². The van der Waals surface area contributed by atoms with Crippen molar-refractivity contribution in [2.45, 2.75) is 46.1 Å². The molecule has 0 saturated heterocycles. The molecule has 0 aromatic heterocycles. The molecule has 1 unspecified atom stereocenters. The highest BCUT2D eigenvalue weighted by Crippen LogP contribution is 2.11. The Morgan fingerprint density at radius 2 is 1.94 bits per heavy atom. The molecule has 0 heterocycles. The van der Waals surface area contributed by atoms with E-state index in [9.17, 15) is 8.42 Å². The van der Waals surface area contributed by atoms with Crippen molar-refractivity contribution in [2.75, 3.05) is 24.8 Å². The van der Waals surface area contributed by atoms with E-state index >= 15 is 0 Å². The molecule has 6 heteroatoms. The minimum absolute atomic E-state index is 0.0188. The molecule has 4 nitrogen and oxygen atoms in total. The van der Waals surface area contributed by atoms with E-state index in [0.29, 0.717) is 18.3 Å². The van der Waals surface area contributed by atoms with E-state index in [0.717, 1.165) is 19.3 Å². The van der Waals surface area contributed by atoms with Crippen molar-refractivity contribution in [1.29, 1.82) is 0 Å². The fourth-order valence-electron chi connectivity index (χ4n) is 1.62. The smallest absolute Gasteiger partial charge is 0.213 e. The lowest BCUT2D eigenvalue weighted by Gasteiger charge is -2.16. The third-order valence-electron chi connectivity index (χ3n) is 2.61. The molecule has 1 N–H and O–H groups in total. The lowest BCUT2D eigenvalue weighted by Crippen LogP contribution is -2.33. The maximum absolute atomic E-state index is 11.7. The van der Waals surface area contributed by atoms with Gasteiger partial charge in [0.05, 0.1) is 18.5 Å². The zero-order chi connectivity index (χ0) is 14.0. The predicted octanol–water partition coefficient (Wildman–Crippen LogP) is 2.38. The summed E-state index contributed by atoms with van der Waals surface area (Å²) in [6, 6.07) is 0. The first-order valence-electron chi connectivity index (χ1n) is 6.56. The van der Waals surface area contributed by atoms with Crippen LogP contribution in [-0.4, -0.2) is 39.3 Å². The molecule has 18 heavy (non-hydrogen) atoms. The Balaban J connectivity index is 3.99. The topological polar surface area (TPSA) is 55.4 Å². The lowest BCUT2D eigenvalue weighted by atomic mass is 10.0. The van der Waals surface area contributed by atoms with Gasteiger partial charge in [0.1, 0.15) is 0 Å². The lowest BCUT2D eigenvalue weighted by molar-refractivity contribution is 0.0911. The molecule has 0 saturated carbocycles. The molecule has 0 aliphatic heterocycles. The van der Waals surface area contributed by atoms with Gasteiger partial charge >= 0.3 is 0 Å². The Morgan fingerprint density at radius 1 is 1.28 bits per heavy atom. The minimum Gasteiger partial charge on any atom is -0.378 e. The van der Waals surface area contributed by atoms with Crippen LogP contribution in [0.1, 0.15) is 40.0 Å². The quantitative estimate of drug-likeness (QED) is 0.596. The third kappa shape index (κ3) is 10.1. The van der Waals surface area contributed by atoms with Gasteiger partial charge in [0.15, 0.2) is 0 Å². The number of rotatable bonds is 11. The molecule has 0 fully saturated rings. The highest BCUT2D eigenvalue weighted by Gasteiger charge is 2.14. The summed E-state index contributed by atoms with van der Waals surface area (Å²) in [5.74, 6) is 0.918. The van der Waals surface area contributed by atoms with E-state index in [1.165, 1.54) is 0 Å². The molecule has 0 aromatic carbocycles. The van der Waals surface area contributed by atoms with Crippen molar-refractivity contribution >= 4 is 21.6 Å². The highest BCUT2D eigenvalue weighted by molar-refractivity contribution is 7.89.